The fraction of sp³-hybridized carbons (Fsp3) is 0.450. The van der Waals surface area contributed by atoms with Crippen LogP contribution in [0.3, 0.4) is 0 Å². The van der Waals surface area contributed by atoms with E-state index in [2.05, 4.69) is 10.4 Å². The number of hydrogen-bond donors (Lipinski definition) is 1. The number of amides is 1. The van der Waals surface area contributed by atoms with Crippen LogP contribution in [0.15, 0.2) is 35.3 Å². The van der Waals surface area contributed by atoms with Crippen LogP contribution in [0.4, 0.5) is 11.4 Å². The molecule has 28 heavy (non-hydrogen) atoms. The third-order valence-corrected chi connectivity index (χ3v) is 4.59. The molecule has 1 aliphatic heterocycles. The monoisotopic (exact) mass is 386 g/mol. The molecule has 0 bridgehead atoms. The van der Waals surface area contributed by atoms with Gasteiger partial charge in [0, 0.05) is 13.1 Å². The predicted molar refractivity (Wildman–Crippen MR) is 107 cm³/mol. The van der Waals surface area contributed by atoms with Crippen LogP contribution in [0.5, 0.6) is 5.75 Å². The topological polar surface area (TPSA) is 85.7 Å². The number of carbonyl (C=O) groups is 1. The number of morpholine rings is 1. The molecule has 0 unspecified atom stereocenters. The Morgan fingerprint density at radius 3 is 2.54 bits per heavy atom. The van der Waals surface area contributed by atoms with E-state index in [-0.39, 0.29) is 23.9 Å². The van der Waals surface area contributed by atoms with Gasteiger partial charge < -0.3 is 19.7 Å². The normalized spacial score (nSPS) is 14.2. The van der Waals surface area contributed by atoms with Crippen LogP contribution in [0.25, 0.3) is 0 Å². The summed E-state index contributed by atoms with van der Waals surface area (Å²) in [4.78, 5) is 27.5. The standard InChI is InChI=1S/C20H26N4O4/c1-14(2)24-20(26)19(23-8-10-28-11-9-23)17(13-21-24)22-18(25)12-15-4-6-16(27-3)7-5-15/h4-7,13-14H,8-12H2,1-3H3,(H,22,25). The lowest BCUT2D eigenvalue weighted by molar-refractivity contribution is -0.115. The maximum Gasteiger partial charge on any atom is 0.292 e. The Morgan fingerprint density at radius 2 is 1.93 bits per heavy atom. The zero-order valence-electron chi connectivity index (χ0n) is 16.5. The van der Waals surface area contributed by atoms with Gasteiger partial charge in [0.2, 0.25) is 5.91 Å². The third kappa shape index (κ3) is 4.51. The molecule has 1 amide bonds. The molecule has 1 saturated heterocycles. The van der Waals surface area contributed by atoms with Gasteiger partial charge in [-0.05, 0) is 31.5 Å². The summed E-state index contributed by atoms with van der Waals surface area (Å²) in [6.07, 6.45) is 1.75. The first-order chi connectivity index (χ1) is 13.5. The lowest BCUT2D eigenvalue weighted by Gasteiger charge is -2.30. The highest BCUT2D eigenvalue weighted by molar-refractivity contribution is 5.95. The molecule has 8 heteroatoms. The molecule has 2 heterocycles. The molecule has 2 aromatic rings. The number of hydrogen-bond acceptors (Lipinski definition) is 6. The molecule has 0 radical (unpaired) electrons. The second-order valence-electron chi connectivity index (χ2n) is 6.92. The summed E-state index contributed by atoms with van der Waals surface area (Å²) in [5.74, 6) is 0.531. The number of anilines is 2. The molecule has 1 aliphatic rings. The van der Waals surface area contributed by atoms with Gasteiger partial charge in [0.25, 0.3) is 5.56 Å². The second kappa shape index (κ2) is 8.88. The van der Waals surface area contributed by atoms with E-state index in [4.69, 9.17) is 9.47 Å². The predicted octanol–water partition coefficient (Wildman–Crippen LogP) is 1.85. The van der Waals surface area contributed by atoms with E-state index in [0.717, 1.165) is 11.3 Å². The first kappa shape index (κ1) is 19.9. The molecule has 1 aromatic carbocycles. The maximum atomic E-state index is 13.0. The maximum absolute atomic E-state index is 13.0. The minimum absolute atomic E-state index is 0.0728. The van der Waals surface area contributed by atoms with Gasteiger partial charge in [-0.15, -0.1) is 0 Å². The zero-order valence-corrected chi connectivity index (χ0v) is 16.5. The van der Waals surface area contributed by atoms with Gasteiger partial charge in [0.15, 0.2) is 0 Å². The van der Waals surface area contributed by atoms with Crippen molar-refractivity contribution in [3.05, 3.63) is 46.4 Å². The molecule has 1 N–H and O–H groups in total. The Bertz CT molecular complexity index is 871. The van der Waals surface area contributed by atoms with E-state index in [1.807, 2.05) is 43.0 Å². The van der Waals surface area contributed by atoms with Crippen LogP contribution < -0.4 is 20.5 Å². The Labute approximate surface area is 164 Å². The van der Waals surface area contributed by atoms with Crippen LogP contribution in [0, 0.1) is 0 Å². The first-order valence-corrected chi connectivity index (χ1v) is 9.37. The molecule has 0 aliphatic carbocycles. The molecule has 1 fully saturated rings. The minimum atomic E-state index is -0.209. The number of nitrogens with one attached hydrogen (secondary N) is 1. The van der Waals surface area contributed by atoms with Crippen molar-refractivity contribution in [2.75, 3.05) is 43.6 Å². The highest BCUT2D eigenvalue weighted by Gasteiger charge is 2.22. The third-order valence-electron chi connectivity index (χ3n) is 4.59. The van der Waals surface area contributed by atoms with E-state index in [9.17, 15) is 9.59 Å². The van der Waals surface area contributed by atoms with E-state index in [1.165, 1.54) is 4.68 Å². The Hall–Kier alpha value is -2.87. The van der Waals surface area contributed by atoms with Gasteiger partial charge in [-0.1, -0.05) is 12.1 Å². The first-order valence-electron chi connectivity index (χ1n) is 9.37. The summed E-state index contributed by atoms with van der Waals surface area (Å²) in [7, 11) is 1.60. The van der Waals surface area contributed by atoms with E-state index in [1.54, 1.807) is 13.3 Å². The number of nitrogens with zero attached hydrogens (tertiary/aromatic N) is 3. The largest absolute Gasteiger partial charge is 0.497 e. The van der Waals surface area contributed by atoms with Crippen LogP contribution in [0.1, 0.15) is 25.5 Å². The van der Waals surface area contributed by atoms with Crippen molar-refractivity contribution in [3.8, 4) is 5.75 Å². The number of carbonyl (C=O) groups excluding carboxylic acids is 1. The minimum Gasteiger partial charge on any atom is -0.497 e. The van der Waals surface area contributed by atoms with Crippen molar-refractivity contribution in [1.82, 2.24) is 9.78 Å². The molecule has 3 rings (SSSR count). The number of ether oxygens (including phenoxy) is 2. The molecule has 8 nitrogen and oxygen atoms in total. The quantitative estimate of drug-likeness (QED) is 0.816. The Balaban J connectivity index is 1.84. The summed E-state index contributed by atoms with van der Waals surface area (Å²) in [6.45, 7) is 6.08. The number of rotatable bonds is 6. The summed E-state index contributed by atoms with van der Waals surface area (Å²) in [5, 5.41) is 7.09. The summed E-state index contributed by atoms with van der Waals surface area (Å²) < 4.78 is 12.0. The number of benzene rings is 1. The number of aromatic nitrogens is 2. The van der Waals surface area contributed by atoms with Crippen molar-refractivity contribution in [2.45, 2.75) is 26.3 Å². The van der Waals surface area contributed by atoms with Gasteiger partial charge in [0.05, 0.1) is 44.7 Å². The molecule has 1 aromatic heterocycles. The molecular formula is C20H26N4O4. The molecular weight excluding hydrogens is 360 g/mol. The van der Waals surface area contributed by atoms with E-state index >= 15 is 0 Å². The molecule has 150 valence electrons. The van der Waals surface area contributed by atoms with Crippen molar-refractivity contribution in [3.63, 3.8) is 0 Å². The average molecular weight is 386 g/mol. The van der Waals surface area contributed by atoms with Gasteiger partial charge >= 0.3 is 0 Å². The molecule has 0 atom stereocenters. The van der Waals surface area contributed by atoms with Crippen molar-refractivity contribution < 1.29 is 14.3 Å². The zero-order chi connectivity index (χ0) is 20.1. The van der Waals surface area contributed by atoms with Crippen molar-refractivity contribution in [1.29, 1.82) is 0 Å². The smallest absolute Gasteiger partial charge is 0.292 e. The fourth-order valence-electron chi connectivity index (χ4n) is 3.13. The van der Waals surface area contributed by atoms with E-state index in [0.29, 0.717) is 37.7 Å². The summed E-state index contributed by atoms with van der Waals surface area (Å²) in [5.41, 5.74) is 1.55. The SMILES string of the molecule is COc1ccc(CC(=O)Nc2cnn(C(C)C)c(=O)c2N2CCOCC2)cc1. The van der Waals surface area contributed by atoms with Gasteiger partial charge in [-0.25, -0.2) is 4.68 Å². The Kier molecular flexibility index (Phi) is 6.30. The lowest BCUT2D eigenvalue weighted by atomic mass is 10.1. The lowest BCUT2D eigenvalue weighted by Crippen LogP contribution is -2.42. The van der Waals surface area contributed by atoms with Crippen molar-refractivity contribution in [2.24, 2.45) is 0 Å². The van der Waals surface area contributed by atoms with Crippen molar-refractivity contribution >= 4 is 17.3 Å². The Morgan fingerprint density at radius 1 is 1.25 bits per heavy atom. The number of methoxy groups -OCH3 is 1. The van der Waals surface area contributed by atoms with Crippen LogP contribution in [-0.4, -0.2) is 49.1 Å². The summed E-state index contributed by atoms with van der Waals surface area (Å²) >= 11 is 0. The molecule has 0 saturated carbocycles. The van der Waals surface area contributed by atoms with Gasteiger partial charge in [-0.2, -0.15) is 5.10 Å². The second-order valence-corrected chi connectivity index (χ2v) is 6.92. The highest BCUT2D eigenvalue weighted by atomic mass is 16.5. The van der Waals surface area contributed by atoms with Crippen LogP contribution >= 0.6 is 0 Å². The van der Waals surface area contributed by atoms with Crippen LogP contribution in [-0.2, 0) is 16.0 Å². The molecule has 0 spiro atoms. The van der Waals surface area contributed by atoms with Gasteiger partial charge in [0.1, 0.15) is 11.4 Å². The van der Waals surface area contributed by atoms with E-state index < -0.39 is 0 Å². The highest BCUT2D eigenvalue weighted by Crippen LogP contribution is 2.23. The summed E-state index contributed by atoms with van der Waals surface area (Å²) in [6, 6.07) is 7.24. The average Bonchev–Trinajstić information content (AvgIpc) is 2.69. The van der Waals surface area contributed by atoms with Crippen LogP contribution in [0.2, 0.25) is 0 Å². The fourth-order valence-corrected chi connectivity index (χ4v) is 3.13. The van der Waals surface area contributed by atoms with Gasteiger partial charge in [-0.3, -0.25) is 9.59 Å².